The van der Waals surface area contributed by atoms with Crippen LogP contribution in [0.25, 0.3) is 11.0 Å². The van der Waals surface area contributed by atoms with Gasteiger partial charge >= 0.3 is 0 Å². The molecule has 0 amide bonds. The first-order valence-electron chi connectivity index (χ1n) is 5.59. The van der Waals surface area contributed by atoms with Crippen LogP contribution in [0.2, 0.25) is 0 Å². The van der Waals surface area contributed by atoms with Gasteiger partial charge < -0.3 is 0 Å². The molecule has 0 bridgehead atoms. The van der Waals surface area contributed by atoms with Crippen molar-refractivity contribution in [3.63, 3.8) is 0 Å². The predicted octanol–water partition coefficient (Wildman–Crippen LogP) is 2.87. The van der Waals surface area contributed by atoms with Crippen LogP contribution in [0.4, 0.5) is 0 Å². The average molecular weight is 203 g/mol. The van der Waals surface area contributed by atoms with Crippen molar-refractivity contribution >= 4 is 11.0 Å². The summed E-state index contributed by atoms with van der Waals surface area (Å²) in [4.78, 5) is 0. The maximum absolute atomic E-state index is 4.17. The molecule has 1 atom stereocenters. The molecule has 2 rings (SSSR count). The highest BCUT2D eigenvalue weighted by atomic mass is 15.4. The Bertz CT molecular complexity index is 433. The SMILES string of the molecule is CCC(C)CCn1nnc2ccccc21. The van der Waals surface area contributed by atoms with Gasteiger partial charge in [0.05, 0.1) is 5.52 Å². The Morgan fingerprint density at radius 2 is 2.13 bits per heavy atom. The molecule has 0 aliphatic heterocycles. The second kappa shape index (κ2) is 4.43. The minimum atomic E-state index is 0.757. The Balaban J connectivity index is 2.14. The number of hydrogen-bond acceptors (Lipinski definition) is 2. The van der Waals surface area contributed by atoms with Gasteiger partial charge in [-0.3, -0.25) is 0 Å². The van der Waals surface area contributed by atoms with Crippen molar-refractivity contribution in [2.75, 3.05) is 0 Å². The molecule has 3 nitrogen and oxygen atoms in total. The van der Waals surface area contributed by atoms with Crippen molar-refractivity contribution in [3.05, 3.63) is 24.3 Å². The summed E-state index contributed by atoms with van der Waals surface area (Å²) in [5, 5.41) is 8.30. The van der Waals surface area contributed by atoms with Crippen LogP contribution >= 0.6 is 0 Å². The first kappa shape index (κ1) is 10.1. The normalized spacial score (nSPS) is 13.2. The third kappa shape index (κ3) is 2.17. The van der Waals surface area contributed by atoms with E-state index in [4.69, 9.17) is 0 Å². The molecule has 2 aromatic rings. The van der Waals surface area contributed by atoms with Gasteiger partial charge in [0.15, 0.2) is 0 Å². The van der Waals surface area contributed by atoms with Crippen molar-refractivity contribution in [2.24, 2.45) is 5.92 Å². The van der Waals surface area contributed by atoms with E-state index in [1.807, 2.05) is 22.9 Å². The van der Waals surface area contributed by atoms with Gasteiger partial charge in [-0.25, -0.2) is 4.68 Å². The molecular weight excluding hydrogens is 186 g/mol. The van der Waals surface area contributed by atoms with Gasteiger partial charge in [-0.1, -0.05) is 37.6 Å². The number of nitrogens with zero attached hydrogens (tertiary/aromatic N) is 3. The number of fused-ring (bicyclic) bond motifs is 1. The molecule has 0 N–H and O–H groups in total. The van der Waals surface area contributed by atoms with Crippen molar-refractivity contribution in [2.45, 2.75) is 33.2 Å². The maximum atomic E-state index is 4.17. The number of aryl methyl sites for hydroxylation is 1. The summed E-state index contributed by atoms with van der Waals surface area (Å²) in [7, 11) is 0. The van der Waals surface area contributed by atoms with E-state index in [1.54, 1.807) is 0 Å². The molecule has 1 aromatic carbocycles. The summed E-state index contributed by atoms with van der Waals surface area (Å²) in [5.41, 5.74) is 2.13. The molecule has 3 heteroatoms. The Hall–Kier alpha value is -1.38. The van der Waals surface area contributed by atoms with E-state index >= 15 is 0 Å². The van der Waals surface area contributed by atoms with E-state index in [-0.39, 0.29) is 0 Å². The average Bonchev–Trinajstić information content (AvgIpc) is 2.69. The Kier molecular flexibility index (Phi) is 2.99. The molecule has 1 unspecified atom stereocenters. The van der Waals surface area contributed by atoms with E-state index in [1.165, 1.54) is 12.8 Å². The number of hydrogen-bond donors (Lipinski definition) is 0. The van der Waals surface area contributed by atoms with Crippen molar-refractivity contribution in [1.29, 1.82) is 0 Å². The lowest BCUT2D eigenvalue weighted by atomic mass is 10.1. The smallest absolute Gasteiger partial charge is 0.113 e. The Labute approximate surface area is 90.1 Å². The minimum Gasteiger partial charge on any atom is -0.245 e. The molecule has 1 heterocycles. The lowest BCUT2D eigenvalue weighted by Gasteiger charge is -2.07. The summed E-state index contributed by atoms with van der Waals surface area (Å²) >= 11 is 0. The van der Waals surface area contributed by atoms with E-state index in [2.05, 4.69) is 30.2 Å². The van der Waals surface area contributed by atoms with Crippen molar-refractivity contribution < 1.29 is 0 Å². The molecule has 0 saturated heterocycles. The minimum absolute atomic E-state index is 0.757. The largest absolute Gasteiger partial charge is 0.245 e. The summed E-state index contributed by atoms with van der Waals surface area (Å²) in [6.07, 6.45) is 2.40. The third-order valence-electron chi connectivity index (χ3n) is 2.95. The van der Waals surface area contributed by atoms with Crippen LogP contribution in [0.15, 0.2) is 24.3 Å². The lowest BCUT2D eigenvalue weighted by molar-refractivity contribution is 0.449. The van der Waals surface area contributed by atoms with Crippen LogP contribution in [0.5, 0.6) is 0 Å². The monoisotopic (exact) mass is 203 g/mol. The van der Waals surface area contributed by atoms with Gasteiger partial charge in [0.1, 0.15) is 5.52 Å². The fraction of sp³-hybridized carbons (Fsp3) is 0.500. The molecule has 15 heavy (non-hydrogen) atoms. The van der Waals surface area contributed by atoms with Crippen molar-refractivity contribution in [1.82, 2.24) is 15.0 Å². The first-order chi connectivity index (χ1) is 7.31. The fourth-order valence-corrected chi connectivity index (χ4v) is 1.63. The maximum Gasteiger partial charge on any atom is 0.113 e. The van der Waals surface area contributed by atoms with Gasteiger partial charge in [-0.15, -0.1) is 5.10 Å². The highest BCUT2D eigenvalue weighted by molar-refractivity contribution is 5.73. The molecule has 0 spiro atoms. The Morgan fingerprint density at radius 3 is 2.93 bits per heavy atom. The van der Waals surface area contributed by atoms with Gasteiger partial charge in [-0.2, -0.15) is 0 Å². The van der Waals surface area contributed by atoms with Gasteiger partial charge in [-0.05, 0) is 24.5 Å². The summed E-state index contributed by atoms with van der Waals surface area (Å²) in [5.74, 6) is 0.757. The molecule has 0 saturated carbocycles. The molecular formula is C12H17N3. The molecule has 0 aliphatic carbocycles. The molecule has 0 radical (unpaired) electrons. The quantitative estimate of drug-likeness (QED) is 0.765. The number of aromatic nitrogens is 3. The van der Waals surface area contributed by atoms with Crippen LogP contribution in [0.3, 0.4) is 0 Å². The Morgan fingerprint density at radius 1 is 1.33 bits per heavy atom. The van der Waals surface area contributed by atoms with Gasteiger partial charge in [0, 0.05) is 6.54 Å². The van der Waals surface area contributed by atoms with Crippen molar-refractivity contribution in [3.8, 4) is 0 Å². The molecule has 0 aliphatic rings. The van der Waals surface area contributed by atoms with Crippen LogP contribution < -0.4 is 0 Å². The van der Waals surface area contributed by atoms with Gasteiger partial charge in [0.2, 0.25) is 0 Å². The zero-order valence-corrected chi connectivity index (χ0v) is 9.35. The van der Waals surface area contributed by atoms with Crippen LogP contribution in [-0.2, 0) is 6.54 Å². The van der Waals surface area contributed by atoms with Crippen LogP contribution in [0, 0.1) is 5.92 Å². The number of rotatable bonds is 4. The topological polar surface area (TPSA) is 30.7 Å². The van der Waals surface area contributed by atoms with Crippen LogP contribution in [0.1, 0.15) is 26.7 Å². The zero-order valence-electron chi connectivity index (χ0n) is 9.35. The summed E-state index contributed by atoms with van der Waals surface area (Å²) < 4.78 is 2.00. The van der Waals surface area contributed by atoms with Gasteiger partial charge in [0.25, 0.3) is 0 Å². The van der Waals surface area contributed by atoms with Crippen LogP contribution in [-0.4, -0.2) is 15.0 Å². The number of benzene rings is 1. The van der Waals surface area contributed by atoms with E-state index < -0.39 is 0 Å². The highest BCUT2D eigenvalue weighted by Gasteiger charge is 2.04. The predicted molar refractivity (Wildman–Crippen MR) is 61.6 cm³/mol. The molecule has 80 valence electrons. The zero-order chi connectivity index (χ0) is 10.7. The van der Waals surface area contributed by atoms with E-state index in [0.29, 0.717) is 0 Å². The van der Waals surface area contributed by atoms with E-state index in [9.17, 15) is 0 Å². The molecule has 0 fully saturated rings. The second-order valence-electron chi connectivity index (χ2n) is 4.10. The van der Waals surface area contributed by atoms with E-state index in [0.717, 1.165) is 23.5 Å². The highest BCUT2D eigenvalue weighted by Crippen LogP contribution is 2.13. The summed E-state index contributed by atoms with van der Waals surface area (Å²) in [6.45, 7) is 5.47. The second-order valence-corrected chi connectivity index (χ2v) is 4.10. The fourth-order valence-electron chi connectivity index (χ4n) is 1.63. The molecule has 1 aromatic heterocycles. The summed E-state index contributed by atoms with van der Waals surface area (Å²) in [6, 6.07) is 8.11. The lowest BCUT2D eigenvalue weighted by Crippen LogP contribution is -2.04. The standard InChI is InChI=1S/C12H17N3/c1-3-10(2)8-9-15-12-7-5-4-6-11(12)13-14-15/h4-7,10H,3,8-9H2,1-2H3. The third-order valence-corrected chi connectivity index (χ3v) is 2.95. The number of para-hydroxylation sites is 1. The first-order valence-corrected chi connectivity index (χ1v) is 5.59.